The monoisotopic (exact) mass is 564 g/mol. The van der Waals surface area contributed by atoms with E-state index in [-0.39, 0.29) is 0 Å². The molecule has 1 radical (unpaired) electrons. The zero-order chi connectivity index (χ0) is 29.2. The van der Waals surface area contributed by atoms with E-state index in [1.54, 1.807) is 19.6 Å². The Morgan fingerprint density at radius 3 is 2.70 bits per heavy atom. The third-order valence-electron chi connectivity index (χ3n) is 7.11. The van der Waals surface area contributed by atoms with E-state index < -0.39 is 0 Å². The van der Waals surface area contributed by atoms with Crippen LogP contribution in [-0.4, -0.2) is 47.0 Å². The molecule has 0 unspecified atom stereocenters. The van der Waals surface area contributed by atoms with Crippen LogP contribution < -0.4 is 10.1 Å². The summed E-state index contributed by atoms with van der Waals surface area (Å²) in [6.07, 6.45) is 6.08. The fourth-order valence-electron chi connectivity index (χ4n) is 4.94. The minimum absolute atomic E-state index is 0.643. The fourth-order valence-corrected chi connectivity index (χ4v) is 4.94. The van der Waals surface area contributed by atoms with Gasteiger partial charge in [-0.15, -0.1) is 5.10 Å². The Bertz CT molecular complexity index is 2030. The number of hydrogen-bond acceptors (Lipinski definition) is 8. The number of rotatable bonds is 8. The van der Waals surface area contributed by atoms with E-state index in [1.807, 2.05) is 96.6 Å². The van der Waals surface area contributed by atoms with Crippen LogP contribution in [0.1, 0.15) is 17.0 Å². The first kappa shape index (κ1) is 26.0. The number of hydrogen-bond donors (Lipinski definition) is 2. The molecule has 43 heavy (non-hydrogen) atoms. The lowest BCUT2D eigenvalue weighted by atomic mass is 10.00. The van der Waals surface area contributed by atoms with Gasteiger partial charge in [0.25, 0.3) is 0 Å². The predicted octanol–water partition coefficient (Wildman–Crippen LogP) is 6.11. The lowest BCUT2D eigenvalue weighted by Gasteiger charge is -2.11. The number of nitrogens with zero attached hydrogens (tertiary/aromatic N) is 7. The van der Waals surface area contributed by atoms with Gasteiger partial charge in [0, 0.05) is 41.7 Å². The molecule has 0 bridgehead atoms. The van der Waals surface area contributed by atoms with Crippen molar-refractivity contribution < 1.29 is 4.74 Å². The van der Waals surface area contributed by atoms with Crippen LogP contribution in [0.25, 0.3) is 39.4 Å². The molecule has 0 aliphatic carbocycles. The topological polar surface area (TPSA) is 119 Å². The number of anilines is 2. The molecule has 0 amide bonds. The zero-order valence-electron chi connectivity index (χ0n) is 23.5. The number of methoxy groups -OCH3 is 1. The first-order chi connectivity index (χ1) is 21.1. The van der Waals surface area contributed by atoms with Crippen molar-refractivity contribution in [2.45, 2.75) is 13.3 Å². The first-order valence-corrected chi connectivity index (χ1v) is 13.7. The number of H-pyrrole nitrogens is 1. The van der Waals surface area contributed by atoms with Crippen molar-refractivity contribution in [2.24, 2.45) is 0 Å². The summed E-state index contributed by atoms with van der Waals surface area (Å²) in [5, 5.41) is 19.1. The second kappa shape index (κ2) is 11.2. The van der Waals surface area contributed by atoms with E-state index in [4.69, 9.17) is 14.7 Å². The van der Waals surface area contributed by atoms with Crippen molar-refractivity contribution in [3.05, 3.63) is 121 Å². The summed E-state index contributed by atoms with van der Waals surface area (Å²) in [7, 11) is 1.66. The third-order valence-corrected chi connectivity index (χ3v) is 7.11. The normalized spacial score (nSPS) is 11.1. The Balaban J connectivity index is 1.19. The maximum atomic E-state index is 5.30. The van der Waals surface area contributed by atoms with Crippen LogP contribution in [0.15, 0.2) is 97.6 Å². The number of fused-ring (bicyclic) bond motifs is 1. The summed E-state index contributed by atoms with van der Waals surface area (Å²) in [6.45, 7) is 1.91. The highest BCUT2D eigenvalue weighted by molar-refractivity contribution is 5.83. The minimum Gasteiger partial charge on any atom is -0.497 e. The molecular weight excluding hydrogens is 538 g/mol. The highest BCUT2D eigenvalue weighted by Gasteiger charge is 2.17. The number of aromatic amines is 1. The molecule has 2 N–H and O–H groups in total. The van der Waals surface area contributed by atoms with Crippen molar-refractivity contribution in [1.29, 1.82) is 0 Å². The van der Waals surface area contributed by atoms with Gasteiger partial charge in [-0.2, -0.15) is 10.2 Å². The Morgan fingerprint density at radius 2 is 1.86 bits per heavy atom. The van der Waals surface area contributed by atoms with Gasteiger partial charge in [-0.25, -0.2) is 9.97 Å². The van der Waals surface area contributed by atoms with Crippen molar-refractivity contribution in [3.8, 4) is 34.1 Å². The van der Waals surface area contributed by atoms with Crippen LogP contribution >= 0.6 is 0 Å². The molecule has 0 saturated carbocycles. The summed E-state index contributed by atoms with van der Waals surface area (Å²) < 4.78 is 7.26. The highest BCUT2D eigenvalue weighted by atomic mass is 16.5. The van der Waals surface area contributed by atoms with Crippen molar-refractivity contribution >= 4 is 22.5 Å². The van der Waals surface area contributed by atoms with Gasteiger partial charge >= 0.3 is 0 Å². The molecule has 5 aromatic heterocycles. The molecule has 0 aliphatic heterocycles. The molecule has 0 aliphatic rings. The van der Waals surface area contributed by atoms with E-state index in [1.165, 1.54) is 0 Å². The summed E-state index contributed by atoms with van der Waals surface area (Å²) in [4.78, 5) is 14.4. The molecule has 5 heterocycles. The standard InChI is InChI=1S/C33H26N9O/c1-21-8-15-31(41-39-21)37-23-11-14-30-29(18-23)35-20-42(30)32-7-3-6-27(38-32)25-5-4-16-34-33(25)26-19-36-40-28(26)17-22-9-12-24(43-2)13-10-22/h3-5,7-16,18-20H,17H2,1-2H3,(H,36,40)(H,37,41). The van der Waals surface area contributed by atoms with E-state index in [0.29, 0.717) is 17.9 Å². The highest BCUT2D eigenvalue weighted by Crippen LogP contribution is 2.32. The predicted molar refractivity (Wildman–Crippen MR) is 164 cm³/mol. The van der Waals surface area contributed by atoms with E-state index >= 15 is 0 Å². The molecular formula is C33H26N9O. The number of aromatic nitrogens is 8. The van der Waals surface area contributed by atoms with E-state index in [0.717, 1.165) is 62.1 Å². The average molecular weight is 565 g/mol. The number of aryl methyl sites for hydroxylation is 1. The van der Waals surface area contributed by atoms with Gasteiger partial charge in [0.05, 0.1) is 40.9 Å². The van der Waals surface area contributed by atoms with Crippen LogP contribution in [0.2, 0.25) is 0 Å². The van der Waals surface area contributed by atoms with Crippen LogP contribution in [0.5, 0.6) is 5.75 Å². The van der Waals surface area contributed by atoms with E-state index in [2.05, 4.69) is 36.8 Å². The molecule has 0 spiro atoms. The van der Waals surface area contributed by atoms with Crippen LogP contribution in [0.3, 0.4) is 0 Å². The number of benzene rings is 2. The second-order valence-corrected chi connectivity index (χ2v) is 9.97. The number of pyridine rings is 2. The van der Waals surface area contributed by atoms with Crippen LogP contribution in [0, 0.1) is 13.0 Å². The molecule has 7 aromatic rings. The third kappa shape index (κ3) is 5.29. The van der Waals surface area contributed by atoms with Gasteiger partial charge in [-0.3, -0.25) is 14.6 Å². The summed E-state index contributed by atoms with van der Waals surface area (Å²) in [5.41, 5.74) is 8.73. The Labute approximate surface area is 247 Å². The maximum Gasteiger partial charge on any atom is 0.153 e. The van der Waals surface area contributed by atoms with Crippen molar-refractivity contribution in [3.63, 3.8) is 0 Å². The second-order valence-electron chi connectivity index (χ2n) is 9.97. The molecule has 0 fully saturated rings. The van der Waals surface area contributed by atoms with Gasteiger partial charge in [0.1, 0.15) is 17.9 Å². The smallest absolute Gasteiger partial charge is 0.153 e. The molecule has 0 atom stereocenters. The van der Waals surface area contributed by atoms with Gasteiger partial charge in [-0.1, -0.05) is 12.1 Å². The molecule has 10 heteroatoms. The minimum atomic E-state index is 0.643. The lowest BCUT2D eigenvalue weighted by Crippen LogP contribution is -2.00. The zero-order valence-corrected chi connectivity index (χ0v) is 23.5. The van der Waals surface area contributed by atoms with E-state index in [9.17, 15) is 0 Å². The average Bonchev–Trinajstić information content (AvgIpc) is 3.69. The number of imidazole rings is 1. The molecule has 209 valence electrons. The van der Waals surface area contributed by atoms with Crippen molar-refractivity contribution in [1.82, 2.24) is 39.9 Å². The molecule has 7 rings (SSSR count). The summed E-state index contributed by atoms with van der Waals surface area (Å²) in [5.74, 6) is 2.22. The summed E-state index contributed by atoms with van der Waals surface area (Å²) in [6, 6.07) is 28.8. The first-order valence-electron chi connectivity index (χ1n) is 13.7. The Morgan fingerprint density at radius 1 is 0.953 bits per heavy atom. The number of nitrogens with one attached hydrogen (secondary N) is 2. The van der Waals surface area contributed by atoms with Gasteiger partial charge in [0.2, 0.25) is 0 Å². The van der Waals surface area contributed by atoms with Crippen LogP contribution in [-0.2, 0) is 6.42 Å². The molecule has 2 aromatic carbocycles. The Hall–Kier alpha value is -5.90. The van der Waals surface area contributed by atoms with Crippen LogP contribution in [0.4, 0.5) is 11.5 Å². The lowest BCUT2D eigenvalue weighted by molar-refractivity contribution is 0.414. The molecule has 0 saturated heterocycles. The quantitative estimate of drug-likeness (QED) is 0.227. The Kier molecular flexibility index (Phi) is 6.76. The largest absolute Gasteiger partial charge is 0.497 e. The maximum absolute atomic E-state index is 5.30. The number of ether oxygens (including phenoxy) is 1. The van der Waals surface area contributed by atoms with Gasteiger partial charge < -0.3 is 10.1 Å². The SMILES string of the molecule is COc1ccc(Cc2n[nH]cc2-c2ncccc2-c2[c]ccc(-n3cnc4cc(Nc5ccc(C)nn5)ccc43)n2)cc1. The van der Waals surface area contributed by atoms with Crippen molar-refractivity contribution in [2.75, 3.05) is 12.4 Å². The van der Waals surface area contributed by atoms with Gasteiger partial charge in [-0.05, 0) is 79.2 Å². The van der Waals surface area contributed by atoms with Gasteiger partial charge in [0.15, 0.2) is 5.82 Å². The molecule has 10 nitrogen and oxygen atoms in total. The summed E-state index contributed by atoms with van der Waals surface area (Å²) >= 11 is 0. The fraction of sp³-hybridized carbons (Fsp3) is 0.0909.